The van der Waals surface area contributed by atoms with Crippen molar-refractivity contribution < 1.29 is 9.50 Å². The Bertz CT molecular complexity index is 622. The summed E-state index contributed by atoms with van der Waals surface area (Å²) in [6.45, 7) is 5.78. The third kappa shape index (κ3) is 3.68. The molecule has 2 N–H and O–H groups in total. The summed E-state index contributed by atoms with van der Waals surface area (Å²) in [5.41, 5.74) is 1.22. The molecule has 0 spiro atoms. The van der Waals surface area contributed by atoms with E-state index < -0.39 is 5.60 Å². The number of halogens is 1. The zero-order chi connectivity index (χ0) is 15.6. The van der Waals surface area contributed by atoms with Crippen LogP contribution in [0.4, 0.5) is 4.39 Å². The Morgan fingerprint density at radius 2 is 2.19 bits per heavy atom. The Labute approximate surface area is 124 Å². The van der Waals surface area contributed by atoms with Crippen molar-refractivity contribution in [2.45, 2.75) is 32.4 Å². The van der Waals surface area contributed by atoms with Crippen molar-refractivity contribution in [3.05, 3.63) is 53.1 Å². The molecule has 0 saturated heterocycles. The monoisotopic (exact) mass is 291 g/mol. The minimum atomic E-state index is -1.02. The Balaban J connectivity index is 2.03. The molecule has 2 aromatic rings. The number of nitrogens with one attached hydrogen (secondary N) is 1. The zero-order valence-corrected chi connectivity index (χ0v) is 12.9. The molecule has 1 aromatic heterocycles. The average Bonchev–Trinajstić information content (AvgIpc) is 2.87. The van der Waals surface area contributed by atoms with E-state index in [2.05, 4.69) is 10.4 Å². The molecule has 0 saturated carbocycles. The van der Waals surface area contributed by atoms with Gasteiger partial charge in [-0.25, -0.2) is 4.39 Å². The van der Waals surface area contributed by atoms with Gasteiger partial charge in [-0.1, -0.05) is 12.1 Å². The molecule has 2 unspecified atom stereocenters. The van der Waals surface area contributed by atoms with E-state index in [1.807, 2.05) is 20.0 Å². The maximum absolute atomic E-state index is 13.6. The van der Waals surface area contributed by atoms with Crippen molar-refractivity contribution in [2.75, 3.05) is 6.54 Å². The van der Waals surface area contributed by atoms with Crippen molar-refractivity contribution in [3.8, 4) is 0 Å². The summed E-state index contributed by atoms with van der Waals surface area (Å²) in [5, 5.41) is 17.8. The van der Waals surface area contributed by atoms with E-state index in [1.165, 1.54) is 6.07 Å². The van der Waals surface area contributed by atoms with Crippen LogP contribution in [0.15, 0.2) is 30.6 Å². The predicted molar refractivity (Wildman–Crippen MR) is 80.3 cm³/mol. The lowest BCUT2D eigenvalue weighted by molar-refractivity contribution is 0.0543. The highest BCUT2D eigenvalue weighted by molar-refractivity contribution is 5.25. The van der Waals surface area contributed by atoms with E-state index in [4.69, 9.17) is 0 Å². The number of rotatable bonds is 5. The minimum Gasteiger partial charge on any atom is -0.384 e. The first-order valence-corrected chi connectivity index (χ1v) is 7.00. The van der Waals surface area contributed by atoms with Gasteiger partial charge in [-0.15, -0.1) is 0 Å². The average molecular weight is 291 g/mol. The summed E-state index contributed by atoms with van der Waals surface area (Å²) in [4.78, 5) is 0. The fourth-order valence-corrected chi connectivity index (χ4v) is 2.15. The van der Waals surface area contributed by atoms with Crippen LogP contribution in [-0.4, -0.2) is 21.4 Å². The van der Waals surface area contributed by atoms with Gasteiger partial charge in [0.15, 0.2) is 0 Å². The molecule has 114 valence electrons. The zero-order valence-electron chi connectivity index (χ0n) is 12.9. The van der Waals surface area contributed by atoms with Crippen molar-refractivity contribution >= 4 is 0 Å². The van der Waals surface area contributed by atoms with Crippen LogP contribution < -0.4 is 5.32 Å². The van der Waals surface area contributed by atoms with Crippen LogP contribution in [0.3, 0.4) is 0 Å². The molecule has 5 heteroatoms. The first-order valence-electron chi connectivity index (χ1n) is 7.00. The number of aliphatic hydroxyl groups is 1. The smallest absolute Gasteiger partial charge is 0.126 e. The third-order valence-electron chi connectivity index (χ3n) is 3.78. The largest absolute Gasteiger partial charge is 0.384 e. The summed E-state index contributed by atoms with van der Waals surface area (Å²) in [6, 6.07) is 5.14. The summed E-state index contributed by atoms with van der Waals surface area (Å²) >= 11 is 0. The van der Waals surface area contributed by atoms with Crippen LogP contribution in [0.2, 0.25) is 0 Å². The number of hydrogen-bond donors (Lipinski definition) is 2. The van der Waals surface area contributed by atoms with Gasteiger partial charge in [-0.3, -0.25) is 4.68 Å². The SMILES string of the molecule is Cc1ccc(C(C)NCC(C)(O)c2cnn(C)c2)cc1F. The first kappa shape index (κ1) is 15.7. The van der Waals surface area contributed by atoms with E-state index in [-0.39, 0.29) is 11.9 Å². The third-order valence-corrected chi connectivity index (χ3v) is 3.78. The van der Waals surface area contributed by atoms with Gasteiger partial charge in [-0.05, 0) is 38.0 Å². The van der Waals surface area contributed by atoms with E-state index in [0.29, 0.717) is 12.1 Å². The van der Waals surface area contributed by atoms with Crippen molar-refractivity contribution in [1.29, 1.82) is 0 Å². The molecule has 0 aliphatic carbocycles. The number of aromatic nitrogens is 2. The molecule has 4 nitrogen and oxygen atoms in total. The Kier molecular flexibility index (Phi) is 4.44. The molecular formula is C16H22FN3O. The molecule has 0 radical (unpaired) electrons. The van der Waals surface area contributed by atoms with Crippen molar-refractivity contribution in [1.82, 2.24) is 15.1 Å². The molecule has 0 aliphatic rings. The molecule has 0 fully saturated rings. The summed E-state index contributed by atoms with van der Waals surface area (Å²) in [6.07, 6.45) is 3.44. The van der Waals surface area contributed by atoms with Gasteiger partial charge >= 0.3 is 0 Å². The lowest BCUT2D eigenvalue weighted by atomic mass is 9.98. The quantitative estimate of drug-likeness (QED) is 0.889. The molecule has 0 bridgehead atoms. The maximum atomic E-state index is 13.6. The molecule has 1 aromatic carbocycles. The standard InChI is InChI=1S/C16H22FN3O/c1-11-5-6-13(7-15(11)17)12(2)18-10-16(3,21)14-8-19-20(4)9-14/h5-9,12,18,21H,10H2,1-4H3. The van der Waals surface area contributed by atoms with Gasteiger partial charge in [0.25, 0.3) is 0 Å². The molecule has 2 rings (SSSR count). The second kappa shape index (κ2) is 5.95. The molecule has 21 heavy (non-hydrogen) atoms. The number of aryl methyl sites for hydroxylation is 2. The Morgan fingerprint density at radius 3 is 2.76 bits per heavy atom. The Morgan fingerprint density at radius 1 is 1.48 bits per heavy atom. The molecule has 2 atom stereocenters. The molecule has 1 heterocycles. The molecular weight excluding hydrogens is 269 g/mol. The minimum absolute atomic E-state index is 0.0525. The number of hydrogen-bond acceptors (Lipinski definition) is 3. The van der Waals surface area contributed by atoms with Crippen LogP contribution in [0.5, 0.6) is 0 Å². The van der Waals surface area contributed by atoms with E-state index >= 15 is 0 Å². The maximum Gasteiger partial charge on any atom is 0.126 e. The number of benzene rings is 1. The highest BCUT2D eigenvalue weighted by Crippen LogP contribution is 2.21. The van der Waals surface area contributed by atoms with Gasteiger partial charge in [0.05, 0.1) is 6.20 Å². The second-order valence-electron chi connectivity index (χ2n) is 5.79. The fraction of sp³-hybridized carbons (Fsp3) is 0.438. The molecule has 0 aliphatic heterocycles. The lowest BCUT2D eigenvalue weighted by Gasteiger charge is -2.25. The van der Waals surface area contributed by atoms with Crippen molar-refractivity contribution in [2.24, 2.45) is 7.05 Å². The van der Waals surface area contributed by atoms with Crippen LogP contribution >= 0.6 is 0 Å². The van der Waals surface area contributed by atoms with E-state index in [0.717, 1.165) is 11.1 Å². The summed E-state index contributed by atoms with van der Waals surface area (Å²) in [7, 11) is 1.81. The van der Waals surface area contributed by atoms with Gasteiger partial charge in [0, 0.05) is 31.4 Å². The van der Waals surface area contributed by atoms with Crippen molar-refractivity contribution in [3.63, 3.8) is 0 Å². The van der Waals surface area contributed by atoms with E-state index in [9.17, 15) is 9.50 Å². The second-order valence-corrected chi connectivity index (χ2v) is 5.79. The predicted octanol–water partition coefficient (Wildman–Crippen LogP) is 2.43. The highest BCUT2D eigenvalue weighted by atomic mass is 19.1. The van der Waals surface area contributed by atoms with Gasteiger partial charge < -0.3 is 10.4 Å². The first-order chi connectivity index (χ1) is 9.79. The van der Waals surface area contributed by atoms with E-state index in [1.54, 1.807) is 37.0 Å². The number of nitrogens with zero attached hydrogens (tertiary/aromatic N) is 2. The lowest BCUT2D eigenvalue weighted by Crippen LogP contribution is -2.36. The topological polar surface area (TPSA) is 50.1 Å². The van der Waals surface area contributed by atoms with Crippen LogP contribution in [-0.2, 0) is 12.6 Å². The fourth-order valence-electron chi connectivity index (χ4n) is 2.15. The normalized spacial score (nSPS) is 15.7. The van der Waals surface area contributed by atoms with Gasteiger partial charge in [0.2, 0.25) is 0 Å². The van der Waals surface area contributed by atoms with Gasteiger partial charge in [-0.2, -0.15) is 5.10 Å². The van der Waals surface area contributed by atoms with Crippen LogP contribution in [0.1, 0.15) is 36.6 Å². The summed E-state index contributed by atoms with van der Waals surface area (Å²) in [5.74, 6) is -0.208. The molecule has 0 amide bonds. The van der Waals surface area contributed by atoms with Crippen LogP contribution in [0.25, 0.3) is 0 Å². The highest BCUT2D eigenvalue weighted by Gasteiger charge is 2.25. The van der Waals surface area contributed by atoms with Gasteiger partial charge in [0.1, 0.15) is 11.4 Å². The Hall–Kier alpha value is -1.72. The summed E-state index contributed by atoms with van der Waals surface area (Å²) < 4.78 is 15.2. The van der Waals surface area contributed by atoms with Crippen LogP contribution in [0, 0.1) is 12.7 Å².